The van der Waals surface area contributed by atoms with Crippen LogP contribution >= 0.6 is 0 Å². The number of hydrogen-bond donors (Lipinski definition) is 1. The van der Waals surface area contributed by atoms with Crippen LogP contribution in [0.3, 0.4) is 0 Å². The van der Waals surface area contributed by atoms with Crippen molar-refractivity contribution in [3.8, 4) is 5.75 Å². The van der Waals surface area contributed by atoms with Crippen LogP contribution in [0.4, 0.5) is 0 Å². The molecule has 1 aromatic rings. The van der Waals surface area contributed by atoms with E-state index in [9.17, 15) is 4.79 Å². The predicted molar refractivity (Wildman–Crippen MR) is 80.4 cm³/mol. The number of likely N-dealkylation sites (tertiary alicyclic amines) is 1. The summed E-state index contributed by atoms with van der Waals surface area (Å²) in [7, 11) is 1.64. The minimum absolute atomic E-state index is 0.0429. The summed E-state index contributed by atoms with van der Waals surface area (Å²) in [6, 6.07) is 7.91. The number of nitrogens with zero attached hydrogens (tertiary/aromatic N) is 1. The Kier molecular flexibility index (Phi) is 4.79. The van der Waals surface area contributed by atoms with Crippen molar-refractivity contribution >= 4 is 11.5 Å². The maximum Gasteiger partial charge on any atom is 0.247 e. The number of hydrogen-bond acceptors (Lipinski definition) is 3. The van der Waals surface area contributed by atoms with Crippen LogP contribution in [-0.2, 0) is 4.79 Å². The van der Waals surface area contributed by atoms with Crippen LogP contribution in [0.1, 0.15) is 25.3 Å². The standard InChI is InChI=1S/C16H22N2O2/c1-12(14-7-3-4-8-15(14)20-2)10-16(19)18-9-5-6-13(18)11-17/h3-4,7-8,10,13H,5-6,9,11,17H2,1-2H3/b12-10+. The Morgan fingerprint density at radius 3 is 2.95 bits per heavy atom. The van der Waals surface area contributed by atoms with Crippen LogP contribution < -0.4 is 10.5 Å². The third-order valence-corrected chi connectivity index (χ3v) is 3.80. The topological polar surface area (TPSA) is 55.6 Å². The first kappa shape index (κ1) is 14.6. The van der Waals surface area contributed by atoms with E-state index in [4.69, 9.17) is 10.5 Å². The number of nitrogens with two attached hydrogens (primary N) is 1. The van der Waals surface area contributed by atoms with Gasteiger partial charge in [-0.15, -0.1) is 0 Å². The van der Waals surface area contributed by atoms with Gasteiger partial charge in [-0.05, 0) is 31.4 Å². The maximum absolute atomic E-state index is 12.4. The number of ether oxygens (including phenoxy) is 1. The van der Waals surface area contributed by atoms with Crippen LogP contribution in [-0.4, -0.2) is 37.0 Å². The summed E-state index contributed by atoms with van der Waals surface area (Å²) in [5, 5.41) is 0. The molecule has 20 heavy (non-hydrogen) atoms. The highest BCUT2D eigenvalue weighted by Crippen LogP contribution is 2.26. The SMILES string of the molecule is COc1ccccc1/C(C)=C/C(=O)N1CCCC1CN. The van der Waals surface area contributed by atoms with E-state index < -0.39 is 0 Å². The second-order valence-corrected chi connectivity index (χ2v) is 5.09. The molecule has 2 rings (SSSR count). The van der Waals surface area contributed by atoms with Gasteiger partial charge in [0.25, 0.3) is 0 Å². The van der Waals surface area contributed by atoms with Crippen molar-refractivity contribution in [1.82, 2.24) is 4.90 Å². The van der Waals surface area contributed by atoms with E-state index in [0.717, 1.165) is 36.3 Å². The summed E-state index contributed by atoms with van der Waals surface area (Å²) in [5.74, 6) is 0.826. The monoisotopic (exact) mass is 274 g/mol. The molecule has 0 aliphatic carbocycles. The van der Waals surface area contributed by atoms with Gasteiger partial charge in [0.2, 0.25) is 5.91 Å². The molecule has 1 fully saturated rings. The first-order valence-corrected chi connectivity index (χ1v) is 6.99. The van der Waals surface area contributed by atoms with E-state index in [1.807, 2.05) is 36.1 Å². The number of rotatable bonds is 4. The Morgan fingerprint density at radius 1 is 1.50 bits per heavy atom. The summed E-state index contributed by atoms with van der Waals surface area (Å²) in [6.07, 6.45) is 3.73. The molecule has 4 nitrogen and oxygen atoms in total. The fourth-order valence-electron chi connectivity index (χ4n) is 2.69. The molecule has 1 amide bonds. The van der Waals surface area contributed by atoms with Gasteiger partial charge in [-0.2, -0.15) is 0 Å². The number of carbonyl (C=O) groups excluding carboxylic acids is 1. The average Bonchev–Trinajstić information content (AvgIpc) is 2.95. The zero-order chi connectivity index (χ0) is 14.5. The summed E-state index contributed by atoms with van der Waals surface area (Å²) in [5.41, 5.74) is 7.58. The van der Waals surface area contributed by atoms with Crippen LogP contribution in [0.2, 0.25) is 0 Å². The summed E-state index contributed by atoms with van der Waals surface area (Å²) in [4.78, 5) is 14.2. The Hall–Kier alpha value is -1.81. The Morgan fingerprint density at radius 2 is 2.25 bits per heavy atom. The van der Waals surface area contributed by atoms with Crippen molar-refractivity contribution in [2.75, 3.05) is 20.2 Å². The Bertz CT molecular complexity index is 511. The molecule has 0 bridgehead atoms. The molecular formula is C16H22N2O2. The van der Waals surface area contributed by atoms with E-state index in [2.05, 4.69) is 0 Å². The lowest BCUT2D eigenvalue weighted by molar-refractivity contribution is -0.126. The molecule has 0 aromatic heterocycles. The van der Waals surface area contributed by atoms with E-state index >= 15 is 0 Å². The summed E-state index contributed by atoms with van der Waals surface area (Å²) >= 11 is 0. The van der Waals surface area contributed by atoms with Gasteiger partial charge < -0.3 is 15.4 Å². The van der Waals surface area contributed by atoms with Gasteiger partial charge >= 0.3 is 0 Å². The van der Waals surface area contributed by atoms with Gasteiger partial charge in [0.05, 0.1) is 7.11 Å². The fourth-order valence-corrected chi connectivity index (χ4v) is 2.69. The van der Waals surface area contributed by atoms with Gasteiger partial charge in [0.15, 0.2) is 0 Å². The maximum atomic E-state index is 12.4. The third-order valence-electron chi connectivity index (χ3n) is 3.80. The molecule has 0 radical (unpaired) electrons. The van der Waals surface area contributed by atoms with Crippen LogP contribution in [0, 0.1) is 0 Å². The van der Waals surface area contributed by atoms with Crippen LogP contribution in [0.15, 0.2) is 30.3 Å². The lowest BCUT2D eigenvalue weighted by Crippen LogP contribution is -2.39. The molecule has 0 saturated carbocycles. The number of benzene rings is 1. The normalized spacial score (nSPS) is 19.2. The van der Waals surface area contributed by atoms with Crippen LogP contribution in [0.5, 0.6) is 5.75 Å². The van der Waals surface area contributed by atoms with E-state index in [1.54, 1.807) is 13.2 Å². The second kappa shape index (κ2) is 6.57. The molecule has 108 valence electrons. The smallest absolute Gasteiger partial charge is 0.247 e. The molecule has 1 saturated heterocycles. The van der Waals surface area contributed by atoms with Gasteiger partial charge in [-0.3, -0.25) is 4.79 Å². The molecule has 1 aliphatic rings. The average molecular weight is 274 g/mol. The van der Waals surface area contributed by atoms with Crippen LogP contribution in [0.25, 0.3) is 5.57 Å². The first-order chi connectivity index (χ1) is 9.67. The largest absolute Gasteiger partial charge is 0.496 e. The molecule has 1 aromatic carbocycles. The van der Waals surface area contributed by atoms with E-state index in [-0.39, 0.29) is 11.9 Å². The predicted octanol–water partition coefficient (Wildman–Crippen LogP) is 2.05. The van der Waals surface area contributed by atoms with Crippen molar-refractivity contribution < 1.29 is 9.53 Å². The number of methoxy groups -OCH3 is 1. The minimum atomic E-state index is 0.0429. The molecule has 2 N–H and O–H groups in total. The summed E-state index contributed by atoms with van der Waals surface area (Å²) < 4.78 is 5.33. The molecule has 1 heterocycles. The molecular weight excluding hydrogens is 252 g/mol. The highest BCUT2D eigenvalue weighted by Gasteiger charge is 2.26. The lowest BCUT2D eigenvalue weighted by Gasteiger charge is -2.22. The summed E-state index contributed by atoms with van der Waals surface area (Å²) in [6.45, 7) is 3.27. The Labute approximate surface area is 120 Å². The van der Waals surface area contributed by atoms with Crippen molar-refractivity contribution in [3.63, 3.8) is 0 Å². The highest BCUT2D eigenvalue weighted by molar-refractivity contribution is 5.95. The van der Waals surface area contributed by atoms with Gasteiger partial charge in [-0.25, -0.2) is 0 Å². The number of allylic oxidation sites excluding steroid dienone is 1. The molecule has 4 heteroatoms. The zero-order valence-electron chi connectivity index (χ0n) is 12.1. The highest BCUT2D eigenvalue weighted by atomic mass is 16.5. The molecule has 1 atom stereocenters. The quantitative estimate of drug-likeness (QED) is 0.855. The van der Waals surface area contributed by atoms with E-state index in [1.165, 1.54) is 0 Å². The van der Waals surface area contributed by atoms with Gasteiger partial charge in [0.1, 0.15) is 5.75 Å². The van der Waals surface area contributed by atoms with Crippen molar-refractivity contribution in [2.24, 2.45) is 5.73 Å². The Balaban J connectivity index is 2.19. The molecule has 1 aliphatic heterocycles. The fraction of sp³-hybridized carbons (Fsp3) is 0.438. The van der Waals surface area contributed by atoms with Gasteiger partial charge in [-0.1, -0.05) is 18.2 Å². The van der Waals surface area contributed by atoms with E-state index in [0.29, 0.717) is 6.54 Å². The van der Waals surface area contributed by atoms with Crippen molar-refractivity contribution in [3.05, 3.63) is 35.9 Å². The number of carbonyl (C=O) groups is 1. The molecule has 1 unspecified atom stereocenters. The number of para-hydroxylation sites is 1. The third kappa shape index (κ3) is 3.02. The number of amides is 1. The molecule has 0 spiro atoms. The second-order valence-electron chi connectivity index (χ2n) is 5.09. The minimum Gasteiger partial charge on any atom is -0.496 e. The van der Waals surface area contributed by atoms with Crippen molar-refractivity contribution in [1.29, 1.82) is 0 Å². The van der Waals surface area contributed by atoms with Crippen molar-refractivity contribution in [2.45, 2.75) is 25.8 Å². The van der Waals surface area contributed by atoms with Gasteiger partial charge in [0, 0.05) is 30.8 Å². The zero-order valence-corrected chi connectivity index (χ0v) is 12.1. The first-order valence-electron chi connectivity index (χ1n) is 6.99. The lowest BCUT2D eigenvalue weighted by atomic mass is 10.1.